The molecule has 0 unspecified atom stereocenters. The Labute approximate surface area is 144 Å². The second-order valence-corrected chi connectivity index (χ2v) is 5.51. The van der Waals surface area contributed by atoms with Gasteiger partial charge in [-0.2, -0.15) is 0 Å². The molecule has 4 aromatic rings. The van der Waals surface area contributed by atoms with Crippen molar-refractivity contribution >= 4 is 6.01 Å². The second-order valence-electron chi connectivity index (χ2n) is 5.51. The molecule has 0 aliphatic carbocycles. The molecule has 0 bridgehead atoms. The Hall–Kier alpha value is -3.48. The van der Waals surface area contributed by atoms with Gasteiger partial charge in [-0.3, -0.25) is 0 Å². The first-order chi connectivity index (χ1) is 12.4. The van der Waals surface area contributed by atoms with E-state index in [1.54, 1.807) is 4.68 Å². The quantitative estimate of drug-likeness (QED) is 0.585. The highest BCUT2D eigenvalue weighted by molar-refractivity contribution is 5.30. The third kappa shape index (κ3) is 3.72. The van der Waals surface area contributed by atoms with Gasteiger partial charge >= 0.3 is 6.01 Å². The van der Waals surface area contributed by atoms with Crippen LogP contribution < -0.4 is 5.32 Å². The molecule has 0 radical (unpaired) electrons. The Kier molecular flexibility index (Phi) is 4.20. The number of nitrogens with one attached hydrogen (secondary N) is 1. The van der Waals surface area contributed by atoms with E-state index >= 15 is 0 Å². The van der Waals surface area contributed by atoms with Crippen molar-refractivity contribution < 1.29 is 4.42 Å². The molecule has 0 fully saturated rings. The number of aromatic nitrogens is 5. The van der Waals surface area contributed by atoms with E-state index in [2.05, 4.69) is 25.8 Å². The molecule has 2 aromatic heterocycles. The Bertz CT molecular complexity index is 932. The van der Waals surface area contributed by atoms with Crippen LogP contribution in [0.1, 0.15) is 17.1 Å². The number of hydrogen-bond donors (Lipinski definition) is 1. The van der Waals surface area contributed by atoms with Crippen LogP contribution in [-0.4, -0.2) is 25.2 Å². The van der Waals surface area contributed by atoms with Crippen LogP contribution in [0.15, 0.2) is 71.3 Å². The Balaban J connectivity index is 1.37. The molecule has 7 heteroatoms. The van der Waals surface area contributed by atoms with Gasteiger partial charge in [0.05, 0.1) is 24.8 Å². The minimum Gasteiger partial charge on any atom is -0.408 e. The minimum absolute atomic E-state index is 0.375. The number of anilines is 1. The third-order valence-electron chi connectivity index (χ3n) is 3.65. The molecule has 25 heavy (non-hydrogen) atoms. The van der Waals surface area contributed by atoms with Crippen LogP contribution >= 0.6 is 0 Å². The molecule has 7 nitrogen and oxygen atoms in total. The van der Waals surface area contributed by atoms with E-state index in [1.165, 1.54) is 0 Å². The van der Waals surface area contributed by atoms with Crippen LogP contribution in [0.3, 0.4) is 0 Å². The molecule has 2 heterocycles. The van der Waals surface area contributed by atoms with Crippen LogP contribution in [-0.2, 0) is 13.0 Å². The summed E-state index contributed by atoms with van der Waals surface area (Å²) in [5, 5.41) is 19.4. The van der Waals surface area contributed by atoms with Crippen LogP contribution in [0.4, 0.5) is 6.01 Å². The molecule has 0 aliphatic heterocycles. The Morgan fingerprint density at radius 1 is 0.880 bits per heavy atom. The van der Waals surface area contributed by atoms with E-state index in [0.29, 0.717) is 24.9 Å². The van der Waals surface area contributed by atoms with Crippen molar-refractivity contribution in [3.05, 3.63) is 84.0 Å². The molecular formula is C18H16N6O. The number of benzene rings is 2. The van der Waals surface area contributed by atoms with Gasteiger partial charge in [-0.1, -0.05) is 58.8 Å². The fourth-order valence-electron chi connectivity index (χ4n) is 2.42. The zero-order valence-electron chi connectivity index (χ0n) is 13.4. The molecular weight excluding hydrogens is 316 g/mol. The lowest BCUT2D eigenvalue weighted by Crippen LogP contribution is -1.99. The van der Waals surface area contributed by atoms with Gasteiger partial charge in [0.25, 0.3) is 0 Å². The second kappa shape index (κ2) is 6.96. The lowest BCUT2D eigenvalue weighted by atomic mass is 10.2. The van der Waals surface area contributed by atoms with E-state index in [-0.39, 0.29) is 0 Å². The number of para-hydroxylation sites is 1. The number of nitrogens with zero attached hydrogens (tertiary/aromatic N) is 5. The van der Waals surface area contributed by atoms with Gasteiger partial charge in [-0.05, 0) is 17.7 Å². The van der Waals surface area contributed by atoms with Gasteiger partial charge in [0.1, 0.15) is 5.69 Å². The fourth-order valence-corrected chi connectivity index (χ4v) is 2.42. The first kappa shape index (κ1) is 15.1. The summed E-state index contributed by atoms with van der Waals surface area (Å²) in [5.74, 6) is 0.571. The van der Waals surface area contributed by atoms with Crippen LogP contribution in [0.25, 0.3) is 5.69 Å². The van der Waals surface area contributed by atoms with Crippen molar-refractivity contribution in [3.63, 3.8) is 0 Å². The first-order valence-corrected chi connectivity index (χ1v) is 7.94. The standard InChI is InChI=1S/C18H16N6O/c1-3-7-14(8-4-1)11-17-21-22-18(25-17)19-12-15-13-24(23-20-15)16-9-5-2-6-10-16/h1-10,13H,11-12H2,(H,19,22). The van der Waals surface area contributed by atoms with E-state index in [4.69, 9.17) is 4.42 Å². The van der Waals surface area contributed by atoms with Crippen molar-refractivity contribution in [1.29, 1.82) is 0 Å². The zero-order chi connectivity index (χ0) is 16.9. The summed E-state index contributed by atoms with van der Waals surface area (Å²) in [7, 11) is 0. The van der Waals surface area contributed by atoms with Gasteiger partial charge in [0.15, 0.2) is 0 Å². The van der Waals surface area contributed by atoms with Gasteiger partial charge in [-0.25, -0.2) is 4.68 Å². The number of rotatable bonds is 6. The minimum atomic E-state index is 0.375. The first-order valence-electron chi connectivity index (χ1n) is 7.94. The highest BCUT2D eigenvalue weighted by Crippen LogP contribution is 2.12. The maximum absolute atomic E-state index is 5.61. The summed E-state index contributed by atoms with van der Waals surface area (Å²) in [6, 6.07) is 20.2. The average molecular weight is 332 g/mol. The van der Waals surface area contributed by atoms with Crippen LogP contribution in [0.2, 0.25) is 0 Å². The summed E-state index contributed by atoms with van der Waals surface area (Å²) in [5.41, 5.74) is 2.87. The van der Waals surface area contributed by atoms with Gasteiger partial charge in [-0.15, -0.1) is 10.2 Å². The van der Waals surface area contributed by atoms with Crippen molar-refractivity contribution in [2.75, 3.05) is 5.32 Å². The third-order valence-corrected chi connectivity index (χ3v) is 3.65. The lowest BCUT2D eigenvalue weighted by molar-refractivity contribution is 0.516. The molecule has 0 spiro atoms. The molecule has 0 aliphatic rings. The van der Waals surface area contributed by atoms with Crippen LogP contribution in [0, 0.1) is 0 Å². The van der Waals surface area contributed by atoms with E-state index < -0.39 is 0 Å². The highest BCUT2D eigenvalue weighted by Gasteiger charge is 2.08. The monoisotopic (exact) mass is 332 g/mol. The molecule has 4 rings (SSSR count). The molecule has 0 saturated carbocycles. The molecule has 2 aromatic carbocycles. The SMILES string of the molecule is c1ccc(Cc2nnc(NCc3cn(-c4ccccc4)nn3)o2)cc1. The van der Waals surface area contributed by atoms with Gasteiger partial charge < -0.3 is 9.73 Å². The summed E-state index contributed by atoms with van der Waals surface area (Å²) in [6.45, 7) is 0.458. The van der Waals surface area contributed by atoms with E-state index in [1.807, 2.05) is 66.9 Å². The summed E-state index contributed by atoms with van der Waals surface area (Å²) < 4.78 is 7.34. The summed E-state index contributed by atoms with van der Waals surface area (Å²) in [4.78, 5) is 0. The normalized spacial score (nSPS) is 10.7. The zero-order valence-corrected chi connectivity index (χ0v) is 13.4. The lowest BCUT2D eigenvalue weighted by Gasteiger charge is -1.98. The van der Waals surface area contributed by atoms with Crippen molar-refractivity contribution in [2.45, 2.75) is 13.0 Å². The predicted octanol–water partition coefficient (Wildman–Crippen LogP) is 2.85. The Morgan fingerprint density at radius 2 is 1.64 bits per heavy atom. The van der Waals surface area contributed by atoms with Gasteiger partial charge in [0, 0.05) is 0 Å². The average Bonchev–Trinajstić information content (AvgIpc) is 3.31. The number of hydrogen-bond acceptors (Lipinski definition) is 6. The van der Waals surface area contributed by atoms with E-state index in [0.717, 1.165) is 16.9 Å². The summed E-state index contributed by atoms with van der Waals surface area (Å²) in [6.07, 6.45) is 2.48. The summed E-state index contributed by atoms with van der Waals surface area (Å²) >= 11 is 0. The molecule has 0 atom stereocenters. The van der Waals surface area contributed by atoms with Crippen molar-refractivity contribution in [3.8, 4) is 5.69 Å². The predicted molar refractivity (Wildman–Crippen MR) is 92.2 cm³/mol. The smallest absolute Gasteiger partial charge is 0.315 e. The maximum atomic E-state index is 5.61. The van der Waals surface area contributed by atoms with Gasteiger partial charge in [0.2, 0.25) is 5.89 Å². The molecule has 1 N–H and O–H groups in total. The Morgan fingerprint density at radius 3 is 2.44 bits per heavy atom. The maximum Gasteiger partial charge on any atom is 0.315 e. The molecule has 0 amide bonds. The van der Waals surface area contributed by atoms with E-state index in [9.17, 15) is 0 Å². The topological polar surface area (TPSA) is 81.7 Å². The highest BCUT2D eigenvalue weighted by atomic mass is 16.4. The van der Waals surface area contributed by atoms with Crippen molar-refractivity contribution in [2.24, 2.45) is 0 Å². The van der Waals surface area contributed by atoms with Crippen LogP contribution in [0.5, 0.6) is 0 Å². The fraction of sp³-hybridized carbons (Fsp3) is 0.111. The molecule has 0 saturated heterocycles. The van der Waals surface area contributed by atoms with Crippen molar-refractivity contribution in [1.82, 2.24) is 25.2 Å². The largest absolute Gasteiger partial charge is 0.408 e. The molecule has 124 valence electrons.